The maximum absolute atomic E-state index is 13.3. The van der Waals surface area contributed by atoms with Crippen molar-refractivity contribution in [3.8, 4) is 0 Å². The zero-order chi connectivity index (χ0) is 11.4. The number of halogens is 2. The second-order valence-electron chi connectivity index (χ2n) is 3.61. The van der Waals surface area contributed by atoms with Gasteiger partial charge in [-0.1, -0.05) is 6.07 Å². The van der Waals surface area contributed by atoms with Crippen molar-refractivity contribution in [2.75, 3.05) is 6.54 Å². The highest BCUT2D eigenvalue weighted by molar-refractivity contribution is 5.22. The van der Waals surface area contributed by atoms with E-state index in [0.29, 0.717) is 6.54 Å². The number of aliphatic hydroxyl groups is 1. The average molecular weight is 215 g/mol. The predicted molar refractivity (Wildman–Crippen MR) is 54.5 cm³/mol. The molecule has 0 spiro atoms. The zero-order valence-corrected chi connectivity index (χ0v) is 8.80. The van der Waals surface area contributed by atoms with Gasteiger partial charge in [0.05, 0.1) is 6.10 Å². The summed E-state index contributed by atoms with van der Waals surface area (Å²) in [6.07, 6.45) is -0.540. The Hall–Kier alpha value is -1.00. The van der Waals surface area contributed by atoms with Crippen molar-refractivity contribution in [1.82, 2.24) is 5.32 Å². The minimum Gasteiger partial charge on any atom is -0.392 e. The van der Waals surface area contributed by atoms with Gasteiger partial charge in [0, 0.05) is 18.2 Å². The van der Waals surface area contributed by atoms with E-state index in [-0.39, 0.29) is 5.56 Å². The van der Waals surface area contributed by atoms with Gasteiger partial charge in [-0.3, -0.25) is 0 Å². The molecule has 1 aromatic rings. The summed E-state index contributed by atoms with van der Waals surface area (Å²) in [5.41, 5.74) is 0.0122. The maximum Gasteiger partial charge on any atom is 0.130 e. The van der Waals surface area contributed by atoms with E-state index in [9.17, 15) is 8.78 Å². The van der Waals surface area contributed by atoms with Crippen LogP contribution in [0.4, 0.5) is 8.78 Å². The van der Waals surface area contributed by atoms with E-state index in [0.717, 1.165) is 0 Å². The molecule has 0 saturated heterocycles. The highest BCUT2D eigenvalue weighted by atomic mass is 19.1. The Bertz CT molecular complexity index is 308. The summed E-state index contributed by atoms with van der Waals surface area (Å²) in [7, 11) is 0. The minimum atomic E-state index is -0.569. The summed E-state index contributed by atoms with van der Waals surface area (Å²) in [5.74, 6) is -1.14. The van der Waals surface area contributed by atoms with Crippen LogP contribution in [-0.2, 0) is 0 Å². The van der Waals surface area contributed by atoms with E-state index in [4.69, 9.17) is 5.11 Å². The molecule has 4 heteroatoms. The fourth-order valence-corrected chi connectivity index (χ4v) is 1.37. The summed E-state index contributed by atoms with van der Waals surface area (Å²) in [6.45, 7) is 3.57. The fourth-order valence-electron chi connectivity index (χ4n) is 1.37. The van der Waals surface area contributed by atoms with Gasteiger partial charge in [-0.25, -0.2) is 8.78 Å². The summed E-state index contributed by atoms with van der Waals surface area (Å²) >= 11 is 0. The largest absolute Gasteiger partial charge is 0.392 e. The Morgan fingerprint density at radius 3 is 2.27 bits per heavy atom. The molecule has 2 nitrogen and oxygen atoms in total. The van der Waals surface area contributed by atoms with Crippen LogP contribution in [0.3, 0.4) is 0 Å². The minimum absolute atomic E-state index is 0.0122. The lowest BCUT2D eigenvalue weighted by Gasteiger charge is -2.16. The van der Waals surface area contributed by atoms with Crippen molar-refractivity contribution in [3.05, 3.63) is 35.4 Å². The highest BCUT2D eigenvalue weighted by Crippen LogP contribution is 2.19. The Labute approximate surface area is 87.9 Å². The van der Waals surface area contributed by atoms with Crippen LogP contribution in [0.15, 0.2) is 18.2 Å². The Kier molecular flexibility index (Phi) is 4.17. The Morgan fingerprint density at radius 1 is 1.27 bits per heavy atom. The van der Waals surface area contributed by atoms with Crippen LogP contribution in [0, 0.1) is 11.6 Å². The molecule has 0 aliphatic rings. The molecule has 0 aliphatic heterocycles. The topological polar surface area (TPSA) is 32.3 Å². The van der Waals surface area contributed by atoms with Gasteiger partial charge in [0.1, 0.15) is 11.6 Å². The SMILES string of the molecule is CC(NC[C@H](C)O)c1c(F)cccc1F. The zero-order valence-electron chi connectivity index (χ0n) is 8.80. The van der Waals surface area contributed by atoms with Crippen molar-refractivity contribution in [2.45, 2.75) is 26.0 Å². The van der Waals surface area contributed by atoms with Gasteiger partial charge in [0.2, 0.25) is 0 Å². The third kappa shape index (κ3) is 3.25. The molecule has 1 aromatic carbocycles. The van der Waals surface area contributed by atoms with Crippen molar-refractivity contribution in [3.63, 3.8) is 0 Å². The predicted octanol–water partition coefficient (Wildman–Crippen LogP) is 2.00. The highest BCUT2D eigenvalue weighted by Gasteiger charge is 2.15. The van der Waals surface area contributed by atoms with E-state index in [1.807, 2.05) is 0 Å². The molecule has 0 radical (unpaired) electrons. The molecule has 0 heterocycles. The Morgan fingerprint density at radius 2 is 1.80 bits per heavy atom. The van der Waals surface area contributed by atoms with E-state index >= 15 is 0 Å². The summed E-state index contributed by atoms with van der Waals surface area (Å²) < 4.78 is 26.6. The molecule has 0 bridgehead atoms. The third-order valence-electron chi connectivity index (χ3n) is 2.15. The number of benzene rings is 1. The molecule has 2 atom stereocenters. The van der Waals surface area contributed by atoms with Gasteiger partial charge in [-0.2, -0.15) is 0 Å². The van der Waals surface area contributed by atoms with Gasteiger partial charge in [-0.05, 0) is 26.0 Å². The first-order valence-corrected chi connectivity index (χ1v) is 4.87. The average Bonchev–Trinajstić information content (AvgIpc) is 2.14. The number of aliphatic hydroxyl groups excluding tert-OH is 1. The monoisotopic (exact) mass is 215 g/mol. The molecule has 0 saturated carbocycles. The number of rotatable bonds is 4. The lowest BCUT2D eigenvalue weighted by molar-refractivity contribution is 0.186. The van der Waals surface area contributed by atoms with Crippen LogP contribution in [0.2, 0.25) is 0 Å². The first kappa shape index (κ1) is 12.1. The van der Waals surface area contributed by atoms with Gasteiger partial charge >= 0.3 is 0 Å². The van der Waals surface area contributed by atoms with Crippen molar-refractivity contribution in [1.29, 1.82) is 0 Å². The van der Waals surface area contributed by atoms with Crippen LogP contribution < -0.4 is 5.32 Å². The standard InChI is InChI=1S/C11H15F2NO/c1-7(15)6-14-8(2)11-9(12)4-3-5-10(11)13/h3-5,7-8,14-15H,6H2,1-2H3/t7-,8?/m0/s1. The summed E-state index contributed by atoms with van der Waals surface area (Å²) in [5, 5.41) is 11.9. The van der Waals surface area contributed by atoms with E-state index in [2.05, 4.69) is 5.32 Å². The molecule has 0 amide bonds. The van der Waals surface area contributed by atoms with Gasteiger partial charge in [-0.15, -0.1) is 0 Å². The lowest BCUT2D eigenvalue weighted by Crippen LogP contribution is -2.28. The van der Waals surface area contributed by atoms with Crippen molar-refractivity contribution < 1.29 is 13.9 Å². The Balaban J connectivity index is 2.77. The molecule has 15 heavy (non-hydrogen) atoms. The van der Waals surface area contributed by atoms with Gasteiger partial charge in [0.15, 0.2) is 0 Å². The van der Waals surface area contributed by atoms with Crippen LogP contribution >= 0.6 is 0 Å². The van der Waals surface area contributed by atoms with E-state index in [1.165, 1.54) is 18.2 Å². The number of nitrogens with one attached hydrogen (secondary N) is 1. The smallest absolute Gasteiger partial charge is 0.130 e. The molecule has 1 unspecified atom stereocenters. The van der Waals surface area contributed by atoms with E-state index in [1.54, 1.807) is 13.8 Å². The van der Waals surface area contributed by atoms with Gasteiger partial charge in [0.25, 0.3) is 0 Å². The number of hydrogen-bond donors (Lipinski definition) is 2. The van der Waals surface area contributed by atoms with Crippen LogP contribution in [0.25, 0.3) is 0 Å². The molecular formula is C11H15F2NO. The van der Waals surface area contributed by atoms with Crippen LogP contribution in [0.5, 0.6) is 0 Å². The van der Waals surface area contributed by atoms with Crippen LogP contribution in [-0.4, -0.2) is 17.8 Å². The molecule has 0 fully saturated rings. The molecule has 84 valence electrons. The first-order chi connectivity index (χ1) is 7.02. The fraction of sp³-hybridized carbons (Fsp3) is 0.455. The quantitative estimate of drug-likeness (QED) is 0.805. The summed E-state index contributed by atoms with van der Waals surface area (Å²) in [4.78, 5) is 0. The lowest BCUT2D eigenvalue weighted by atomic mass is 10.1. The second-order valence-corrected chi connectivity index (χ2v) is 3.61. The maximum atomic E-state index is 13.3. The molecule has 0 aliphatic carbocycles. The molecule has 1 rings (SSSR count). The molecular weight excluding hydrogens is 200 g/mol. The van der Waals surface area contributed by atoms with E-state index < -0.39 is 23.8 Å². The first-order valence-electron chi connectivity index (χ1n) is 4.87. The van der Waals surface area contributed by atoms with Crippen LogP contribution in [0.1, 0.15) is 25.5 Å². The van der Waals surface area contributed by atoms with Crippen molar-refractivity contribution >= 4 is 0 Å². The molecule has 0 aromatic heterocycles. The third-order valence-corrected chi connectivity index (χ3v) is 2.15. The summed E-state index contributed by atoms with van der Waals surface area (Å²) in [6, 6.07) is 3.31. The molecule has 2 N–H and O–H groups in total. The second kappa shape index (κ2) is 5.19. The number of hydrogen-bond acceptors (Lipinski definition) is 2. The van der Waals surface area contributed by atoms with Gasteiger partial charge < -0.3 is 10.4 Å². The van der Waals surface area contributed by atoms with Crippen molar-refractivity contribution in [2.24, 2.45) is 0 Å². The normalized spacial score (nSPS) is 15.0.